The molecule has 0 saturated carbocycles. The van der Waals surface area contributed by atoms with Crippen molar-refractivity contribution in [2.24, 2.45) is 0 Å². The first-order chi connectivity index (χ1) is 11.7. The Bertz CT molecular complexity index is 527. The van der Waals surface area contributed by atoms with Gasteiger partial charge in [-0.05, 0) is 45.0 Å². The number of aromatic nitrogens is 1. The summed E-state index contributed by atoms with van der Waals surface area (Å²) < 4.78 is 0. The molecule has 0 aromatic carbocycles. The molecule has 2 saturated heterocycles. The van der Waals surface area contributed by atoms with Gasteiger partial charge in [-0.1, -0.05) is 6.42 Å². The Balaban J connectivity index is 1.46. The third kappa shape index (κ3) is 4.45. The number of carbonyl (C=O) groups excluding carboxylic acids is 1. The molecule has 2 fully saturated rings. The van der Waals surface area contributed by atoms with Gasteiger partial charge in [0.15, 0.2) is 0 Å². The van der Waals surface area contributed by atoms with Crippen LogP contribution in [0.2, 0.25) is 0 Å². The minimum atomic E-state index is -0.0205. The van der Waals surface area contributed by atoms with Crippen LogP contribution in [-0.2, 0) is 0 Å². The van der Waals surface area contributed by atoms with Gasteiger partial charge in [0, 0.05) is 45.0 Å². The number of hydrogen-bond donors (Lipinski definition) is 2. The first-order valence-electron chi connectivity index (χ1n) is 9.14. The molecule has 0 aliphatic carbocycles. The lowest BCUT2D eigenvalue weighted by Crippen LogP contribution is -2.43. The van der Waals surface area contributed by atoms with Crippen LogP contribution in [0.25, 0.3) is 0 Å². The van der Waals surface area contributed by atoms with Gasteiger partial charge in [0.2, 0.25) is 0 Å². The van der Waals surface area contributed by atoms with Crippen molar-refractivity contribution < 1.29 is 4.79 Å². The van der Waals surface area contributed by atoms with Gasteiger partial charge in [0.05, 0.1) is 5.56 Å². The van der Waals surface area contributed by atoms with Crippen molar-refractivity contribution in [1.82, 2.24) is 20.5 Å². The average molecular weight is 331 g/mol. The second-order valence-electron chi connectivity index (χ2n) is 6.82. The van der Waals surface area contributed by atoms with Crippen LogP contribution in [0, 0.1) is 0 Å². The summed E-state index contributed by atoms with van der Waals surface area (Å²) in [5.41, 5.74) is 0.644. The lowest BCUT2D eigenvalue weighted by atomic mass is 10.0. The number of anilines is 1. The van der Waals surface area contributed by atoms with E-state index in [0.717, 1.165) is 45.0 Å². The number of nitrogens with zero attached hydrogens (tertiary/aromatic N) is 3. The van der Waals surface area contributed by atoms with E-state index >= 15 is 0 Å². The molecule has 1 amide bonds. The summed E-state index contributed by atoms with van der Waals surface area (Å²) in [7, 11) is 2.18. The van der Waals surface area contributed by atoms with E-state index in [9.17, 15) is 4.79 Å². The fourth-order valence-corrected chi connectivity index (χ4v) is 3.56. The molecule has 3 heterocycles. The normalized spacial score (nSPS) is 22.4. The van der Waals surface area contributed by atoms with Crippen molar-refractivity contribution in [3.05, 3.63) is 23.9 Å². The summed E-state index contributed by atoms with van der Waals surface area (Å²) in [4.78, 5) is 21.4. The van der Waals surface area contributed by atoms with Gasteiger partial charge in [-0.2, -0.15) is 0 Å². The van der Waals surface area contributed by atoms with E-state index < -0.39 is 0 Å². The smallest absolute Gasteiger partial charge is 0.252 e. The highest BCUT2D eigenvalue weighted by Crippen LogP contribution is 2.17. The van der Waals surface area contributed by atoms with Crippen LogP contribution in [-0.4, -0.2) is 68.1 Å². The number of carbonyl (C=O) groups is 1. The second kappa shape index (κ2) is 8.44. The van der Waals surface area contributed by atoms with Gasteiger partial charge in [0.1, 0.15) is 5.82 Å². The van der Waals surface area contributed by atoms with Gasteiger partial charge in [-0.3, -0.25) is 4.79 Å². The monoisotopic (exact) mass is 331 g/mol. The van der Waals surface area contributed by atoms with Crippen LogP contribution in [0.5, 0.6) is 0 Å². The zero-order chi connectivity index (χ0) is 16.8. The maximum absolute atomic E-state index is 12.3. The largest absolute Gasteiger partial charge is 0.354 e. The van der Waals surface area contributed by atoms with Crippen LogP contribution in [0.1, 0.15) is 36.0 Å². The topological polar surface area (TPSA) is 60.5 Å². The summed E-state index contributed by atoms with van der Waals surface area (Å²) in [6.07, 6.45) is 6.56. The predicted molar refractivity (Wildman–Crippen MR) is 96.5 cm³/mol. The van der Waals surface area contributed by atoms with E-state index in [2.05, 4.69) is 32.5 Å². The van der Waals surface area contributed by atoms with Crippen molar-refractivity contribution >= 4 is 11.7 Å². The number of likely N-dealkylation sites (tertiary alicyclic amines) is 1. The van der Waals surface area contributed by atoms with Crippen molar-refractivity contribution in [2.45, 2.75) is 31.7 Å². The summed E-state index contributed by atoms with van der Waals surface area (Å²) in [6, 6.07) is 4.44. The predicted octanol–water partition coefficient (Wildman–Crippen LogP) is 1.10. The molecule has 6 nitrogen and oxygen atoms in total. The molecule has 0 spiro atoms. The van der Waals surface area contributed by atoms with Crippen LogP contribution >= 0.6 is 0 Å². The molecular formula is C18H29N5O. The number of pyridine rings is 1. The number of piperidine rings is 1. The van der Waals surface area contributed by atoms with Gasteiger partial charge < -0.3 is 20.4 Å². The van der Waals surface area contributed by atoms with Crippen LogP contribution in [0.4, 0.5) is 5.82 Å². The maximum atomic E-state index is 12.3. The second-order valence-corrected chi connectivity index (χ2v) is 6.82. The molecule has 1 aromatic rings. The third-order valence-corrected chi connectivity index (χ3v) is 5.14. The molecule has 1 atom stereocenters. The molecule has 2 aliphatic rings. The minimum absolute atomic E-state index is 0.0205. The van der Waals surface area contributed by atoms with Crippen LogP contribution in [0.15, 0.2) is 18.3 Å². The summed E-state index contributed by atoms with van der Waals surface area (Å²) >= 11 is 0. The molecule has 132 valence electrons. The van der Waals surface area contributed by atoms with Crippen molar-refractivity contribution in [2.75, 3.05) is 51.2 Å². The molecule has 1 aromatic heterocycles. The zero-order valence-electron chi connectivity index (χ0n) is 14.6. The van der Waals surface area contributed by atoms with Crippen LogP contribution in [0.3, 0.4) is 0 Å². The number of nitrogens with one attached hydrogen (secondary N) is 2. The van der Waals surface area contributed by atoms with Crippen LogP contribution < -0.4 is 15.5 Å². The molecule has 0 radical (unpaired) electrons. The van der Waals surface area contributed by atoms with Crippen molar-refractivity contribution in [1.29, 1.82) is 0 Å². The summed E-state index contributed by atoms with van der Waals surface area (Å²) in [5, 5.41) is 6.37. The molecule has 6 heteroatoms. The van der Waals surface area contributed by atoms with Gasteiger partial charge >= 0.3 is 0 Å². The van der Waals surface area contributed by atoms with E-state index in [0.29, 0.717) is 11.6 Å². The Kier molecular flexibility index (Phi) is 6.04. The molecule has 3 rings (SSSR count). The molecule has 2 aliphatic heterocycles. The Labute approximate surface area is 144 Å². The van der Waals surface area contributed by atoms with Crippen molar-refractivity contribution in [3.63, 3.8) is 0 Å². The molecule has 2 N–H and O–H groups in total. The Hall–Kier alpha value is -1.66. The molecule has 24 heavy (non-hydrogen) atoms. The maximum Gasteiger partial charge on any atom is 0.252 e. The molecule has 0 bridgehead atoms. The van der Waals surface area contributed by atoms with E-state index in [1.54, 1.807) is 6.20 Å². The third-order valence-electron chi connectivity index (χ3n) is 5.14. The fraction of sp³-hybridized carbons (Fsp3) is 0.667. The minimum Gasteiger partial charge on any atom is -0.354 e. The van der Waals surface area contributed by atoms with Gasteiger partial charge in [0.25, 0.3) is 5.91 Å². The van der Waals surface area contributed by atoms with E-state index in [1.165, 1.54) is 25.8 Å². The summed E-state index contributed by atoms with van der Waals surface area (Å²) in [5.74, 6) is 0.935. The average Bonchev–Trinajstić information content (AvgIpc) is 2.64. The number of rotatable bonds is 5. The number of amides is 1. The van der Waals surface area contributed by atoms with E-state index in [1.807, 2.05) is 12.1 Å². The standard InChI is InChI=1S/C18H29N5O/c1-22-11-3-2-4-16(22)7-8-20-18(24)15-5-6-17(21-14-15)23-12-9-19-10-13-23/h5-6,14,16,19H,2-4,7-13H2,1H3,(H,20,24)/t16-/m0/s1. The lowest BCUT2D eigenvalue weighted by molar-refractivity contribution is 0.0945. The number of hydrogen-bond acceptors (Lipinski definition) is 5. The quantitative estimate of drug-likeness (QED) is 0.846. The lowest BCUT2D eigenvalue weighted by Gasteiger charge is -2.32. The Morgan fingerprint density at radius 2 is 2.12 bits per heavy atom. The van der Waals surface area contributed by atoms with E-state index in [4.69, 9.17) is 0 Å². The highest BCUT2D eigenvalue weighted by atomic mass is 16.1. The van der Waals surface area contributed by atoms with E-state index in [-0.39, 0.29) is 5.91 Å². The Morgan fingerprint density at radius 3 is 2.83 bits per heavy atom. The first kappa shape index (κ1) is 17.2. The number of piperazine rings is 1. The fourth-order valence-electron chi connectivity index (χ4n) is 3.56. The SMILES string of the molecule is CN1CCCC[C@H]1CCNC(=O)c1ccc(N2CCNCC2)nc1. The summed E-state index contributed by atoms with van der Waals surface area (Å²) in [6.45, 7) is 5.81. The first-order valence-corrected chi connectivity index (χ1v) is 9.14. The molecular weight excluding hydrogens is 302 g/mol. The molecule has 0 unspecified atom stereocenters. The van der Waals surface area contributed by atoms with Gasteiger partial charge in [-0.15, -0.1) is 0 Å². The zero-order valence-corrected chi connectivity index (χ0v) is 14.6. The van der Waals surface area contributed by atoms with Crippen molar-refractivity contribution in [3.8, 4) is 0 Å². The highest BCUT2D eigenvalue weighted by molar-refractivity contribution is 5.94. The van der Waals surface area contributed by atoms with Gasteiger partial charge in [-0.25, -0.2) is 4.98 Å². The Morgan fingerprint density at radius 1 is 1.29 bits per heavy atom. The highest BCUT2D eigenvalue weighted by Gasteiger charge is 2.18.